The Labute approximate surface area is 152 Å². The van der Waals surface area contributed by atoms with Crippen molar-refractivity contribution in [3.05, 3.63) is 65.6 Å². The molecule has 4 aromatic rings. The molecular weight excluding hydrogens is 362 g/mol. The van der Waals surface area contributed by atoms with Gasteiger partial charge in [0.1, 0.15) is 12.1 Å². The monoisotopic (exact) mass is 373 g/mol. The molecule has 0 radical (unpaired) electrons. The second-order valence-corrected chi connectivity index (χ2v) is 6.45. The van der Waals surface area contributed by atoms with E-state index in [1.807, 2.05) is 34.9 Å². The maximum absolute atomic E-state index is 6.15. The predicted octanol–water partition coefficient (Wildman–Crippen LogP) is 3.92. The third-order valence-electron chi connectivity index (χ3n) is 3.39. The largest absolute Gasteiger partial charge is 0.467 e. The zero-order valence-electron chi connectivity index (χ0n) is 12.9. The third-order valence-corrected chi connectivity index (χ3v) is 4.70. The summed E-state index contributed by atoms with van der Waals surface area (Å²) in [5.74, 6) is 2.30. The smallest absolute Gasteiger partial charge is 0.259 e. The maximum atomic E-state index is 6.15. The molecule has 0 saturated heterocycles. The van der Waals surface area contributed by atoms with Crippen LogP contribution < -0.4 is 0 Å². The molecule has 0 aliphatic heterocycles. The first-order valence-electron chi connectivity index (χ1n) is 7.40. The van der Waals surface area contributed by atoms with Gasteiger partial charge in [0.05, 0.1) is 29.1 Å². The Hall–Kier alpha value is -2.58. The zero-order valence-corrected chi connectivity index (χ0v) is 14.4. The number of hydrogen-bond acceptors (Lipinski definition) is 7. The summed E-state index contributed by atoms with van der Waals surface area (Å²) < 4.78 is 12.6. The van der Waals surface area contributed by atoms with E-state index in [4.69, 9.17) is 20.5 Å². The molecule has 0 fully saturated rings. The van der Waals surface area contributed by atoms with Crippen LogP contribution in [0.1, 0.15) is 11.6 Å². The Morgan fingerprint density at radius 1 is 1.16 bits per heavy atom. The minimum absolute atomic E-state index is 0.401. The minimum atomic E-state index is 0.401. The highest BCUT2D eigenvalue weighted by molar-refractivity contribution is 7.98. The van der Waals surface area contributed by atoms with Gasteiger partial charge in [0.25, 0.3) is 5.89 Å². The molecule has 1 aromatic carbocycles. The molecule has 3 heterocycles. The Kier molecular flexibility index (Phi) is 4.53. The number of hydrogen-bond donors (Lipinski definition) is 0. The molecule has 0 unspecified atom stereocenters. The van der Waals surface area contributed by atoms with Crippen molar-refractivity contribution in [2.45, 2.75) is 17.5 Å². The molecule has 126 valence electrons. The summed E-state index contributed by atoms with van der Waals surface area (Å²) in [7, 11) is 0. The molecule has 0 bridgehead atoms. The molecule has 25 heavy (non-hydrogen) atoms. The van der Waals surface area contributed by atoms with E-state index in [-0.39, 0.29) is 0 Å². The van der Waals surface area contributed by atoms with Crippen LogP contribution in [0.2, 0.25) is 5.02 Å². The van der Waals surface area contributed by atoms with Gasteiger partial charge in [0.15, 0.2) is 11.0 Å². The van der Waals surface area contributed by atoms with Crippen LogP contribution in [-0.4, -0.2) is 24.9 Å². The van der Waals surface area contributed by atoms with Gasteiger partial charge in [-0.3, -0.25) is 0 Å². The van der Waals surface area contributed by atoms with E-state index >= 15 is 0 Å². The van der Waals surface area contributed by atoms with Crippen LogP contribution in [0.15, 0.2) is 63.1 Å². The van der Waals surface area contributed by atoms with Gasteiger partial charge in [0, 0.05) is 0 Å². The Morgan fingerprint density at radius 2 is 2.08 bits per heavy atom. The number of nitrogens with zero attached hydrogens (tertiary/aromatic N) is 5. The summed E-state index contributed by atoms with van der Waals surface area (Å²) in [6, 6.07) is 11.1. The number of aromatic nitrogens is 5. The minimum Gasteiger partial charge on any atom is -0.467 e. The SMILES string of the molecule is Clc1ccccc1-c1nc(CSc2nncn2Cc2ccco2)no1. The Balaban J connectivity index is 1.45. The van der Waals surface area contributed by atoms with Gasteiger partial charge >= 0.3 is 0 Å². The van der Waals surface area contributed by atoms with E-state index in [0.29, 0.717) is 34.6 Å². The predicted molar refractivity (Wildman–Crippen MR) is 92.1 cm³/mol. The van der Waals surface area contributed by atoms with E-state index in [1.165, 1.54) is 11.8 Å². The molecule has 9 heteroatoms. The zero-order chi connectivity index (χ0) is 17.1. The van der Waals surface area contributed by atoms with Crippen LogP contribution in [0.25, 0.3) is 11.5 Å². The second-order valence-electron chi connectivity index (χ2n) is 5.11. The Morgan fingerprint density at radius 3 is 2.92 bits per heavy atom. The lowest BCUT2D eigenvalue weighted by molar-refractivity contribution is 0.425. The maximum Gasteiger partial charge on any atom is 0.259 e. The van der Waals surface area contributed by atoms with Gasteiger partial charge in [-0.05, 0) is 24.3 Å². The first-order valence-corrected chi connectivity index (χ1v) is 8.76. The molecule has 0 amide bonds. The second kappa shape index (κ2) is 7.12. The van der Waals surface area contributed by atoms with Crippen LogP contribution in [0.3, 0.4) is 0 Å². The van der Waals surface area contributed by atoms with E-state index in [1.54, 1.807) is 18.7 Å². The van der Waals surface area contributed by atoms with Crippen molar-refractivity contribution in [2.24, 2.45) is 0 Å². The molecule has 0 spiro atoms. The lowest BCUT2D eigenvalue weighted by atomic mass is 10.2. The average molecular weight is 374 g/mol. The number of benzene rings is 1. The topological polar surface area (TPSA) is 82.8 Å². The highest BCUT2D eigenvalue weighted by Crippen LogP contribution is 2.27. The first-order chi connectivity index (χ1) is 12.3. The van der Waals surface area contributed by atoms with Crippen molar-refractivity contribution < 1.29 is 8.94 Å². The van der Waals surface area contributed by atoms with Crippen LogP contribution in [0.5, 0.6) is 0 Å². The fourth-order valence-electron chi connectivity index (χ4n) is 2.22. The van der Waals surface area contributed by atoms with E-state index in [2.05, 4.69) is 20.3 Å². The quantitative estimate of drug-likeness (QED) is 0.474. The summed E-state index contributed by atoms with van der Waals surface area (Å²) in [6.07, 6.45) is 3.30. The number of thioether (sulfide) groups is 1. The highest BCUT2D eigenvalue weighted by atomic mass is 35.5. The average Bonchev–Trinajstić information content (AvgIpc) is 3.36. The van der Waals surface area contributed by atoms with Crippen LogP contribution in [-0.2, 0) is 12.3 Å². The summed E-state index contributed by atoms with van der Waals surface area (Å²) in [4.78, 5) is 4.39. The van der Waals surface area contributed by atoms with Crippen LogP contribution in [0, 0.1) is 0 Å². The summed E-state index contributed by atoms with van der Waals surface area (Å²) >= 11 is 7.62. The first kappa shape index (κ1) is 15.9. The summed E-state index contributed by atoms with van der Waals surface area (Å²) in [5, 5.41) is 13.4. The highest BCUT2D eigenvalue weighted by Gasteiger charge is 2.14. The summed E-state index contributed by atoms with van der Waals surface area (Å²) in [6.45, 7) is 0.569. The molecule has 0 saturated carbocycles. The van der Waals surface area contributed by atoms with Crippen LogP contribution in [0.4, 0.5) is 0 Å². The molecule has 7 nitrogen and oxygen atoms in total. The van der Waals surface area contributed by atoms with Gasteiger partial charge in [-0.15, -0.1) is 10.2 Å². The van der Waals surface area contributed by atoms with Crippen molar-refractivity contribution >= 4 is 23.4 Å². The number of rotatable bonds is 6. The van der Waals surface area contributed by atoms with E-state index in [9.17, 15) is 0 Å². The molecule has 3 aromatic heterocycles. The molecule has 0 aliphatic rings. The van der Waals surface area contributed by atoms with Crippen LogP contribution >= 0.6 is 23.4 Å². The molecule has 0 N–H and O–H groups in total. The third kappa shape index (κ3) is 3.59. The van der Waals surface area contributed by atoms with Crippen molar-refractivity contribution in [2.75, 3.05) is 0 Å². The normalized spacial score (nSPS) is 11.1. The molecule has 0 atom stereocenters. The number of halogens is 1. The van der Waals surface area contributed by atoms with E-state index < -0.39 is 0 Å². The van der Waals surface area contributed by atoms with Crippen molar-refractivity contribution in [1.82, 2.24) is 24.9 Å². The molecule has 4 rings (SSSR count). The molecular formula is C16H12ClN5O2S. The number of furan rings is 1. The van der Waals surface area contributed by atoms with Gasteiger partial charge in [-0.1, -0.05) is 40.7 Å². The lowest BCUT2D eigenvalue weighted by Gasteiger charge is -2.02. The van der Waals surface area contributed by atoms with Crippen molar-refractivity contribution in [3.63, 3.8) is 0 Å². The van der Waals surface area contributed by atoms with Gasteiger partial charge in [-0.25, -0.2) is 0 Å². The fraction of sp³-hybridized carbons (Fsp3) is 0.125. The van der Waals surface area contributed by atoms with Crippen molar-refractivity contribution in [1.29, 1.82) is 0 Å². The fourth-order valence-corrected chi connectivity index (χ4v) is 3.20. The Bertz CT molecular complexity index is 967. The van der Waals surface area contributed by atoms with Crippen molar-refractivity contribution in [3.8, 4) is 11.5 Å². The standard InChI is InChI=1S/C16H12ClN5O2S/c17-13-6-2-1-5-12(13)15-19-14(21-24-15)9-25-16-20-18-10-22(16)8-11-4-3-7-23-11/h1-7,10H,8-9H2. The van der Waals surface area contributed by atoms with E-state index in [0.717, 1.165) is 10.9 Å². The lowest BCUT2D eigenvalue weighted by Crippen LogP contribution is -1.99. The van der Waals surface area contributed by atoms with Gasteiger partial charge < -0.3 is 13.5 Å². The van der Waals surface area contributed by atoms with Gasteiger partial charge in [0.2, 0.25) is 0 Å². The van der Waals surface area contributed by atoms with Gasteiger partial charge in [-0.2, -0.15) is 4.98 Å². The summed E-state index contributed by atoms with van der Waals surface area (Å²) in [5.41, 5.74) is 0.717. The molecule has 0 aliphatic carbocycles.